The van der Waals surface area contributed by atoms with Crippen LogP contribution in [0.3, 0.4) is 0 Å². The lowest BCUT2D eigenvalue weighted by Gasteiger charge is -2.43. The van der Waals surface area contributed by atoms with Gasteiger partial charge in [-0.2, -0.15) is 4.31 Å². The van der Waals surface area contributed by atoms with Gasteiger partial charge in [0.15, 0.2) is 0 Å². The molecule has 0 spiro atoms. The van der Waals surface area contributed by atoms with E-state index in [0.717, 1.165) is 13.1 Å². The Morgan fingerprint density at radius 3 is 2.39 bits per heavy atom. The minimum Gasteiger partial charge on any atom is -0.488 e. The van der Waals surface area contributed by atoms with Crippen molar-refractivity contribution in [3.63, 3.8) is 0 Å². The quantitative estimate of drug-likeness (QED) is 0.769. The first-order valence-corrected chi connectivity index (χ1v) is 11.0. The van der Waals surface area contributed by atoms with Gasteiger partial charge in [-0.25, -0.2) is 13.2 Å². The second kappa shape index (κ2) is 7.88. The highest BCUT2D eigenvalue weighted by molar-refractivity contribution is 7.89. The second-order valence-electron chi connectivity index (χ2n) is 8.33. The normalized spacial score (nSPS) is 19.8. The van der Waals surface area contributed by atoms with Gasteiger partial charge in [0.05, 0.1) is 4.90 Å². The van der Waals surface area contributed by atoms with Crippen LogP contribution < -0.4 is 10.1 Å². The Morgan fingerprint density at radius 1 is 1.25 bits per heavy atom. The van der Waals surface area contributed by atoms with Crippen LogP contribution in [0.2, 0.25) is 0 Å². The Kier molecular flexibility index (Phi) is 5.88. The van der Waals surface area contributed by atoms with E-state index in [1.807, 2.05) is 20.8 Å². The average Bonchev–Trinajstić information content (AvgIpc) is 2.57. The highest BCUT2D eigenvalue weighted by Crippen LogP contribution is 2.29. The van der Waals surface area contributed by atoms with Crippen LogP contribution in [0.1, 0.15) is 33.6 Å². The molecule has 3 rings (SSSR count). The van der Waals surface area contributed by atoms with Crippen molar-refractivity contribution in [2.45, 2.75) is 56.2 Å². The zero-order valence-corrected chi connectivity index (χ0v) is 17.4. The first-order chi connectivity index (χ1) is 13.1. The number of piperidine rings is 1. The molecule has 1 amide bonds. The molecule has 2 saturated heterocycles. The van der Waals surface area contributed by atoms with E-state index in [2.05, 4.69) is 5.32 Å². The van der Waals surface area contributed by atoms with Gasteiger partial charge in [0.2, 0.25) is 10.0 Å². The molecule has 156 valence electrons. The summed E-state index contributed by atoms with van der Waals surface area (Å²) < 4.78 is 33.3. The van der Waals surface area contributed by atoms with E-state index < -0.39 is 21.7 Å². The Bertz CT molecular complexity index is 809. The Morgan fingerprint density at radius 2 is 1.89 bits per heavy atom. The monoisotopic (exact) mass is 411 g/mol. The molecule has 2 aliphatic rings. The highest BCUT2D eigenvalue weighted by atomic mass is 32.2. The van der Waals surface area contributed by atoms with Gasteiger partial charge < -0.3 is 20.1 Å². The molecule has 0 bridgehead atoms. The van der Waals surface area contributed by atoms with E-state index in [1.165, 1.54) is 9.21 Å². The van der Waals surface area contributed by atoms with Gasteiger partial charge in [-0.3, -0.25) is 0 Å². The van der Waals surface area contributed by atoms with Crippen LogP contribution in [0.25, 0.3) is 0 Å². The molecule has 0 unspecified atom stereocenters. The maximum Gasteiger partial charge on any atom is 0.407 e. The molecule has 0 radical (unpaired) electrons. The largest absolute Gasteiger partial charge is 0.488 e. The molecule has 0 aliphatic carbocycles. The molecule has 1 aromatic carbocycles. The summed E-state index contributed by atoms with van der Waals surface area (Å²) in [5, 5.41) is 12.7. The summed E-state index contributed by atoms with van der Waals surface area (Å²) in [4.78, 5) is 13.3. The highest BCUT2D eigenvalue weighted by Gasteiger charge is 2.37. The number of carbonyl (C=O) groups is 1. The fourth-order valence-corrected chi connectivity index (χ4v) is 5.23. The van der Waals surface area contributed by atoms with Gasteiger partial charge in [0.25, 0.3) is 0 Å². The van der Waals surface area contributed by atoms with Crippen LogP contribution in [0.5, 0.6) is 5.75 Å². The molecule has 2 fully saturated rings. The zero-order valence-electron chi connectivity index (χ0n) is 16.6. The van der Waals surface area contributed by atoms with Crippen LogP contribution in [-0.2, 0) is 10.0 Å². The van der Waals surface area contributed by atoms with E-state index in [-0.39, 0.29) is 17.0 Å². The van der Waals surface area contributed by atoms with Crippen LogP contribution in [0.4, 0.5) is 4.79 Å². The summed E-state index contributed by atoms with van der Waals surface area (Å²) in [5.74, 6) is 0.548. The predicted molar refractivity (Wildman–Crippen MR) is 105 cm³/mol. The lowest BCUT2D eigenvalue weighted by atomic mass is 9.98. The SMILES string of the molecule is CC(C)(C)N(C(=O)O)C1CCN(S(=O)(=O)c2cccc(OC3CNC3)c2)CC1. The molecule has 0 aromatic heterocycles. The van der Waals surface area contributed by atoms with Crippen LogP contribution in [0.15, 0.2) is 29.2 Å². The molecule has 0 atom stereocenters. The Balaban J connectivity index is 1.69. The van der Waals surface area contributed by atoms with E-state index >= 15 is 0 Å². The van der Waals surface area contributed by atoms with E-state index in [9.17, 15) is 18.3 Å². The first kappa shape index (κ1) is 20.9. The molecule has 28 heavy (non-hydrogen) atoms. The van der Waals surface area contributed by atoms with Crippen LogP contribution >= 0.6 is 0 Å². The summed E-state index contributed by atoms with van der Waals surface area (Å²) >= 11 is 0. The van der Waals surface area contributed by atoms with E-state index in [1.54, 1.807) is 24.3 Å². The number of sulfonamides is 1. The van der Waals surface area contributed by atoms with Crippen molar-refractivity contribution in [2.75, 3.05) is 26.2 Å². The first-order valence-electron chi connectivity index (χ1n) is 9.59. The van der Waals surface area contributed by atoms with Crippen LogP contribution in [-0.4, -0.2) is 72.7 Å². The maximum atomic E-state index is 13.0. The molecule has 8 nitrogen and oxygen atoms in total. The number of nitrogens with zero attached hydrogens (tertiary/aromatic N) is 2. The number of carboxylic acid groups (broad SMARTS) is 1. The minimum atomic E-state index is -3.64. The number of amides is 1. The van der Waals surface area contributed by atoms with Crippen molar-refractivity contribution in [2.24, 2.45) is 0 Å². The van der Waals surface area contributed by atoms with Crippen molar-refractivity contribution in [3.8, 4) is 5.75 Å². The molecule has 2 N–H and O–H groups in total. The predicted octanol–water partition coefficient (Wildman–Crippen LogP) is 1.97. The number of ether oxygens (including phenoxy) is 1. The van der Waals surface area contributed by atoms with Gasteiger partial charge in [0, 0.05) is 43.8 Å². The van der Waals surface area contributed by atoms with Crippen molar-refractivity contribution in [3.05, 3.63) is 24.3 Å². The summed E-state index contributed by atoms with van der Waals surface area (Å²) in [6.45, 7) is 7.68. The molecule has 9 heteroatoms. The molecule has 2 heterocycles. The number of nitrogens with one attached hydrogen (secondary N) is 1. The molecular weight excluding hydrogens is 382 g/mol. The number of benzene rings is 1. The summed E-state index contributed by atoms with van der Waals surface area (Å²) in [7, 11) is -3.64. The molecule has 1 aromatic rings. The summed E-state index contributed by atoms with van der Waals surface area (Å²) in [6.07, 6.45) is 0.0664. The van der Waals surface area contributed by atoms with Gasteiger partial charge in [-0.05, 0) is 45.7 Å². The van der Waals surface area contributed by atoms with E-state index in [0.29, 0.717) is 31.7 Å². The number of hydrogen-bond donors (Lipinski definition) is 2. The fraction of sp³-hybridized carbons (Fsp3) is 0.632. The fourth-order valence-electron chi connectivity index (χ4n) is 3.73. The van der Waals surface area contributed by atoms with Crippen molar-refractivity contribution < 1.29 is 23.1 Å². The van der Waals surface area contributed by atoms with Gasteiger partial charge >= 0.3 is 6.09 Å². The van der Waals surface area contributed by atoms with Gasteiger partial charge in [0.1, 0.15) is 11.9 Å². The number of rotatable bonds is 5. The third kappa shape index (κ3) is 4.42. The van der Waals surface area contributed by atoms with Gasteiger partial charge in [-0.1, -0.05) is 6.07 Å². The van der Waals surface area contributed by atoms with Crippen molar-refractivity contribution >= 4 is 16.1 Å². The maximum absolute atomic E-state index is 13.0. The van der Waals surface area contributed by atoms with Crippen molar-refractivity contribution in [1.29, 1.82) is 0 Å². The van der Waals surface area contributed by atoms with Crippen LogP contribution in [0, 0.1) is 0 Å². The molecule has 2 aliphatic heterocycles. The molecular formula is C19H29N3O5S. The topological polar surface area (TPSA) is 99.2 Å². The van der Waals surface area contributed by atoms with Gasteiger partial charge in [-0.15, -0.1) is 0 Å². The second-order valence-corrected chi connectivity index (χ2v) is 10.3. The van der Waals surface area contributed by atoms with E-state index in [4.69, 9.17) is 4.74 Å². The summed E-state index contributed by atoms with van der Waals surface area (Å²) in [6, 6.07) is 6.40. The smallest absolute Gasteiger partial charge is 0.407 e. The lowest BCUT2D eigenvalue weighted by Crippen LogP contribution is -2.55. The lowest BCUT2D eigenvalue weighted by molar-refractivity contribution is 0.0523. The number of hydrogen-bond acceptors (Lipinski definition) is 5. The zero-order chi connectivity index (χ0) is 20.5. The van der Waals surface area contributed by atoms with Crippen molar-refractivity contribution in [1.82, 2.24) is 14.5 Å². The Labute approximate surface area is 166 Å². The third-order valence-electron chi connectivity index (χ3n) is 5.21. The summed E-state index contributed by atoms with van der Waals surface area (Å²) in [5.41, 5.74) is -0.528. The Hall–Kier alpha value is -1.84. The minimum absolute atomic E-state index is 0.0769. The standard InChI is InChI=1S/C19H29N3O5S/c1-19(2,3)22(18(23)24)14-7-9-21(10-8-14)28(25,26)17-6-4-5-15(11-17)27-16-12-20-13-16/h4-6,11,14,16,20H,7-10,12-13H2,1-3H3,(H,23,24). The third-order valence-corrected chi connectivity index (χ3v) is 7.10. The average molecular weight is 412 g/mol. The molecule has 0 saturated carbocycles.